The van der Waals surface area contributed by atoms with Crippen LogP contribution in [0.25, 0.3) is 0 Å². The highest BCUT2D eigenvalue weighted by Crippen LogP contribution is 2.32. The molecular formula is C19H46O3Si4. The second-order valence-electron chi connectivity index (χ2n) is 12.1. The number of hydrogen-bond acceptors (Lipinski definition) is 3. The molecule has 0 N–H and O–H groups in total. The zero-order chi connectivity index (χ0) is 21.0. The van der Waals surface area contributed by atoms with Crippen LogP contribution < -0.4 is 0 Å². The van der Waals surface area contributed by atoms with Crippen LogP contribution in [0, 0.1) is 0 Å². The molecule has 2 unspecified atom stereocenters. The first-order valence-corrected chi connectivity index (χ1v) is 24.1. The monoisotopic (exact) mass is 434 g/mol. The fourth-order valence-electron chi connectivity index (χ4n) is 3.21. The second kappa shape index (κ2) is 9.56. The van der Waals surface area contributed by atoms with Crippen molar-refractivity contribution in [2.45, 2.75) is 102 Å². The first-order valence-electron chi connectivity index (χ1n) is 10.2. The maximum absolute atomic E-state index is 12.2. The third kappa shape index (κ3) is 11.1. The normalized spacial score (nSPS) is 16.2. The van der Waals surface area contributed by atoms with E-state index in [1.165, 1.54) is 12.1 Å². The molecule has 0 spiro atoms. The Morgan fingerprint density at radius 1 is 0.654 bits per heavy atom. The van der Waals surface area contributed by atoms with Crippen molar-refractivity contribution in [3.8, 4) is 0 Å². The van der Waals surface area contributed by atoms with Gasteiger partial charge in [0.2, 0.25) is 0 Å². The molecule has 0 amide bonds. The first-order chi connectivity index (χ1) is 11.4. The van der Waals surface area contributed by atoms with Crippen molar-refractivity contribution in [2.75, 3.05) is 12.5 Å². The lowest BCUT2D eigenvalue weighted by molar-refractivity contribution is 0.0773. The molecule has 7 heteroatoms. The molecule has 0 saturated carbocycles. The van der Waals surface area contributed by atoms with Gasteiger partial charge in [-0.3, -0.25) is 0 Å². The summed E-state index contributed by atoms with van der Waals surface area (Å²) < 4.78 is 11.1. The Balaban J connectivity index is 4.50. The van der Waals surface area contributed by atoms with Gasteiger partial charge in [0, 0.05) is 16.1 Å². The quantitative estimate of drug-likeness (QED) is 0.272. The van der Waals surface area contributed by atoms with Crippen molar-refractivity contribution in [2.24, 2.45) is 0 Å². The first kappa shape index (κ1) is 26.1. The van der Waals surface area contributed by atoms with E-state index in [-0.39, 0.29) is 0 Å². The Kier molecular flexibility index (Phi) is 9.61. The molecule has 0 bridgehead atoms. The van der Waals surface area contributed by atoms with Gasteiger partial charge >= 0.3 is 6.16 Å². The molecule has 0 aromatic rings. The zero-order valence-electron chi connectivity index (χ0n) is 19.7. The molecule has 3 nitrogen and oxygen atoms in total. The highest BCUT2D eigenvalue weighted by Gasteiger charge is 2.35. The average Bonchev–Trinajstić information content (AvgIpc) is 2.39. The van der Waals surface area contributed by atoms with E-state index >= 15 is 0 Å². The van der Waals surface area contributed by atoms with Crippen molar-refractivity contribution >= 4 is 38.5 Å². The summed E-state index contributed by atoms with van der Waals surface area (Å²) in [4.78, 5) is 12.2. The SMILES string of the molecule is CC(C[Si](C)(C)C)[Si](C)(C)COC(=O)OC[Si](C)(C)C(C)C[Si](C)(C)C. The van der Waals surface area contributed by atoms with Crippen molar-refractivity contribution < 1.29 is 14.3 Å². The van der Waals surface area contributed by atoms with Crippen LogP contribution in [0.15, 0.2) is 0 Å². The van der Waals surface area contributed by atoms with E-state index in [2.05, 4.69) is 79.3 Å². The van der Waals surface area contributed by atoms with Gasteiger partial charge in [-0.2, -0.15) is 0 Å². The van der Waals surface area contributed by atoms with Gasteiger partial charge in [-0.1, -0.05) is 91.4 Å². The smallest absolute Gasteiger partial charge is 0.438 e. The van der Waals surface area contributed by atoms with E-state index in [1.807, 2.05) is 0 Å². The Hall–Kier alpha value is 0.138. The van der Waals surface area contributed by atoms with Gasteiger partial charge in [0.25, 0.3) is 0 Å². The lowest BCUT2D eigenvalue weighted by Gasteiger charge is -2.34. The molecular weight excluding hydrogens is 389 g/mol. The summed E-state index contributed by atoms with van der Waals surface area (Å²) in [5.41, 5.74) is 1.34. The van der Waals surface area contributed by atoms with Crippen molar-refractivity contribution in [3.05, 3.63) is 0 Å². The molecule has 0 saturated heterocycles. The molecule has 0 heterocycles. The Morgan fingerprint density at radius 3 is 1.15 bits per heavy atom. The summed E-state index contributed by atoms with van der Waals surface area (Å²) in [6.07, 6.45) is 0.694. The summed E-state index contributed by atoms with van der Waals surface area (Å²) in [6.45, 7) is 28.5. The third-order valence-corrected chi connectivity index (χ3v) is 17.6. The summed E-state index contributed by atoms with van der Waals surface area (Å²) in [5.74, 6) is 0. The predicted octanol–water partition coefficient (Wildman–Crippen LogP) is 7.09. The Bertz CT molecular complexity index is 411. The van der Waals surface area contributed by atoms with Gasteiger partial charge in [-0.05, 0) is 11.1 Å². The molecule has 0 radical (unpaired) electrons. The predicted molar refractivity (Wildman–Crippen MR) is 127 cm³/mol. The van der Waals surface area contributed by atoms with Crippen LogP contribution in [0.1, 0.15) is 13.8 Å². The van der Waals surface area contributed by atoms with E-state index in [1.54, 1.807) is 0 Å². The fraction of sp³-hybridized carbons (Fsp3) is 0.947. The minimum Gasteiger partial charge on any atom is -0.438 e. The molecule has 156 valence electrons. The molecule has 0 rings (SSSR count). The van der Waals surface area contributed by atoms with Crippen molar-refractivity contribution in [1.82, 2.24) is 0 Å². The maximum atomic E-state index is 12.2. The molecule has 0 aromatic carbocycles. The molecule has 26 heavy (non-hydrogen) atoms. The Labute approximate surface area is 167 Å². The summed E-state index contributed by atoms with van der Waals surface area (Å²) in [7, 11) is -5.33. The van der Waals surface area contributed by atoms with E-state index < -0.39 is 38.5 Å². The molecule has 0 aliphatic carbocycles. The van der Waals surface area contributed by atoms with Gasteiger partial charge in [-0.15, -0.1) is 0 Å². The third-order valence-electron chi connectivity index (χ3n) is 5.63. The summed E-state index contributed by atoms with van der Waals surface area (Å²) in [6, 6.07) is 2.61. The van der Waals surface area contributed by atoms with Gasteiger partial charge in [0.05, 0.1) is 28.6 Å². The number of rotatable bonds is 10. The van der Waals surface area contributed by atoms with Crippen molar-refractivity contribution in [1.29, 1.82) is 0 Å². The lowest BCUT2D eigenvalue weighted by atomic mass is 10.5. The van der Waals surface area contributed by atoms with Crippen LogP contribution in [0.4, 0.5) is 4.79 Å². The van der Waals surface area contributed by atoms with E-state index in [0.29, 0.717) is 23.5 Å². The molecule has 2 atom stereocenters. The Morgan fingerprint density at radius 2 is 0.923 bits per heavy atom. The van der Waals surface area contributed by atoms with Crippen LogP contribution in [0.2, 0.25) is 88.6 Å². The topological polar surface area (TPSA) is 35.5 Å². The minimum atomic E-state index is -1.58. The molecule has 0 aliphatic rings. The highest BCUT2D eigenvalue weighted by atomic mass is 28.3. The van der Waals surface area contributed by atoms with E-state index in [4.69, 9.17) is 9.47 Å². The van der Waals surface area contributed by atoms with Crippen LogP contribution in [0.3, 0.4) is 0 Å². The molecule has 0 fully saturated rings. The zero-order valence-corrected chi connectivity index (χ0v) is 23.7. The highest BCUT2D eigenvalue weighted by molar-refractivity contribution is 6.83. The van der Waals surface area contributed by atoms with Gasteiger partial charge in [0.15, 0.2) is 0 Å². The number of hydrogen-bond donors (Lipinski definition) is 0. The number of ether oxygens (including phenoxy) is 2. The fourth-order valence-corrected chi connectivity index (χ4v) is 16.5. The molecule has 0 aromatic heterocycles. The van der Waals surface area contributed by atoms with Gasteiger partial charge in [0.1, 0.15) is 0 Å². The van der Waals surface area contributed by atoms with E-state index in [9.17, 15) is 4.79 Å². The summed E-state index contributed by atoms with van der Waals surface area (Å²) >= 11 is 0. The van der Waals surface area contributed by atoms with Crippen LogP contribution in [-0.4, -0.2) is 50.9 Å². The van der Waals surface area contributed by atoms with Crippen LogP contribution >= 0.6 is 0 Å². The number of carbonyl (C=O) groups is 1. The van der Waals surface area contributed by atoms with Gasteiger partial charge in [-0.25, -0.2) is 4.79 Å². The lowest BCUT2D eigenvalue weighted by Crippen LogP contribution is -2.43. The maximum Gasteiger partial charge on any atom is 0.507 e. The number of carbonyl (C=O) groups excluding carboxylic acids is 1. The second-order valence-corrected chi connectivity index (χ2v) is 33.7. The molecule has 0 aliphatic heterocycles. The van der Waals surface area contributed by atoms with Crippen molar-refractivity contribution in [3.63, 3.8) is 0 Å². The minimum absolute atomic E-state index is 0.452. The summed E-state index contributed by atoms with van der Waals surface area (Å²) in [5, 5.41) is 0. The largest absolute Gasteiger partial charge is 0.507 e. The van der Waals surface area contributed by atoms with Crippen LogP contribution in [-0.2, 0) is 9.47 Å². The van der Waals surface area contributed by atoms with E-state index in [0.717, 1.165) is 0 Å². The van der Waals surface area contributed by atoms with Crippen LogP contribution in [0.5, 0.6) is 0 Å². The standard InChI is InChI=1S/C19H46O3Si4/c1-17(13-23(3,4)5)25(9,10)15-21-19(20)22-16-26(11,12)18(2)14-24(6,7)8/h17-18H,13-16H2,1-12H3. The average molecular weight is 435 g/mol. The van der Waals surface area contributed by atoms with Gasteiger partial charge < -0.3 is 9.47 Å².